The van der Waals surface area contributed by atoms with Crippen LogP contribution in [0, 0.1) is 6.92 Å². The number of nitrogens with zero attached hydrogens (tertiary/aromatic N) is 3. The Labute approximate surface area is 193 Å². The van der Waals surface area contributed by atoms with Crippen molar-refractivity contribution in [3.05, 3.63) is 58.2 Å². The SMILES string of the molecule is COc1cncc(OC)c1C1CCCCC(C=O)N1Cc1cccc(-c2csc(C)n2)c1. The summed E-state index contributed by atoms with van der Waals surface area (Å²) in [5.41, 5.74) is 4.20. The first-order chi connectivity index (χ1) is 15.6. The lowest BCUT2D eigenvalue weighted by atomic mass is 9.98. The highest BCUT2D eigenvalue weighted by Crippen LogP contribution is 2.42. The highest BCUT2D eigenvalue weighted by atomic mass is 32.1. The van der Waals surface area contributed by atoms with E-state index in [0.717, 1.165) is 59.4 Å². The molecule has 0 aliphatic carbocycles. The molecule has 0 saturated carbocycles. The van der Waals surface area contributed by atoms with Gasteiger partial charge in [0.2, 0.25) is 0 Å². The first kappa shape index (κ1) is 22.4. The van der Waals surface area contributed by atoms with E-state index in [4.69, 9.17) is 9.47 Å². The van der Waals surface area contributed by atoms with E-state index in [2.05, 4.69) is 44.5 Å². The third-order valence-corrected chi connectivity index (χ3v) is 6.88. The summed E-state index contributed by atoms with van der Waals surface area (Å²) in [6.07, 6.45) is 8.37. The fraction of sp³-hybridized carbons (Fsp3) is 0.400. The number of carbonyl (C=O) groups is 1. The van der Waals surface area contributed by atoms with Gasteiger partial charge in [-0.15, -0.1) is 11.3 Å². The van der Waals surface area contributed by atoms with Crippen LogP contribution in [-0.2, 0) is 11.3 Å². The first-order valence-corrected chi connectivity index (χ1v) is 11.8. The van der Waals surface area contributed by atoms with Crippen LogP contribution in [0.15, 0.2) is 42.0 Å². The van der Waals surface area contributed by atoms with Gasteiger partial charge in [0.1, 0.15) is 17.8 Å². The molecule has 3 aromatic rings. The van der Waals surface area contributed by atoms with Crippen molar-refractivity contribution >= 4 is 17.6 Å². The van der Waals surface area contributed by atoms with Gasteiger partial charge >= 0.3 is 0 Å². The summed E-state index contributed by atoms with van der Waals surface area (Å²) in [5.74, 6) is 1.38. The van der Waals surface area contributed by atoms with Gasteiger partial charge in [0.15, 0.2) is 0 Å². The van der Waals surface area contributed by atoms with Gasteiger partial charge in [-0.25, -0.2) is 4.98 Å². The summed E-state index contributed by atoms with van der Waals surface area (Å²) < 4.78 is 11.3. The molecule has 0 spiro atoms. The molecule has 0 amide bonds. The minimum absolute atomic E-state index is 0.00854. The van der Waals surface area contributed by atoms with Crippen LogP contribution in [0.5, 0.6) is 11.5 Å². The van der Waals surface area contributed by atoms with Crippen molar-refractivity contribution in [2.24, 2.45) is 0 Å². The number of likely N-dealkylation sites (tertiary alicyclic amines) is 1. The Kier molecular flexibility index (Phi) is 7.17. The van der Waals surface area contributed by atoms with E-state index < -0.39 is 0 Å². The molecule has 4 rings (SSSR count). The van der Waals surface area contributed by atoms with Crippen molar-refractivity contribution in [3.63, 3.8) is 0 Å². The van der Waals surface area contributed by atoms with E-state index in [0.29, 0.717) is 18.0 Å². The lowest BCUT2D eigenvalue weighted by Gasteiger charge is -2.35. The summed E-state index contributed by atoms with van der Waals surface area (Å²) in [6.45, 7) is 2.67. The van der Waals surface area contributed by atoms with Gasteiger partial charge in [0.25, 0.3) is 0 Å². The molecular formula is C25H29N3O3S. The van der Waals surface area contributed by atoms with Crippen LogP contribution in [0.1, 0.15) is 47.9 Å². The molecule has 0 N–H and O–H groups in total. The summed E-state index contributed by atoms with van der Waals surface area (Å²) in [4.78, 5) is 23.4. The first-order valence-electron chi connectivity index (χ1n) is 10.9. The van der Waals surface area contributed by atoms with Gasteiger partial charge < -0.3 is 14.3 Å². The lowest BCUT2D eigenvalue weighted by molar-refractivity contribution is -0.113. The molecule has 1 aromatic carbocycles. The molecule has 32 heavy (non-hydrogen) atoms. The van der Waals surface area contributed by atoms with E-state index in [1.165, 1.54) is 0 Å². The van der Waals surface area contributed by atoms with Crippen LogP contribution in [0.25, 0.3) is 11.3 Å². The molecule has 1 fully saturated rings. The van der Waals surface area contributed by atoms with E-state index >= 15 is 0 Å². The molecule has 2 aromatic heterocycles. The molecule has 2 unspecified atom stereocenters. The number of methoxy groups -OCH3 is 2. The molecule has 7 heteroatoms. The van der Waals surface area contributed by atoms with Crippen LogP contribution >= 0.6 is 11.3 Å². The Morgan fingerprint density at radius 3 is 2.56 bits per heavy atom. The highest BCUT2D eigenvalue weighted by Gasteiger charge is 2.33. The quantitative estimate of drug-likeness (QED) is 0.459. The Morgan fingerprint density at radius 2 is 1.91 bits per heavy atom. The molecule has 3 heterocycles. The number of carbonyl (C=O) groups excluding carboxylic acids is 1. The largest absolute Gasteiger partial charge is 0.495 e. The van der Waals surface area contributed by atoms with Crippen molar-refractivity contribution in [1.29, 1.82) is 0 Å². The number of benzene rings is 1. The van der Waals surface area contributed by atoms with Crippen LogP contribution in [0.2, 0.25) is 0 Å². The molecule has 1 saturated heterocycles. The molecule has 1 aliphatic heterocycles. The van der Waals surface area contributed by atoms with Gasteiger partial charge in [0, 0.05) is 23.5 Å². The smallest absolute Gasteiger partial charge is 0.145 e. The summed E-state index contributed by atoms with van der Waals surface area (Å²) in [5, 5.41) is 3.14. The average molecular weight is 452 g/mol. The average Bonchev–Trinajstić information content (AvgIpc) is 3.16. The standard InChI is InChI=1S/C25H29N3O3S/c1-17-27-21(16-32-17)19-8-6-7-18(11-19)14-28-20(15-29)9-4-5-10-22(28)25-23(30-2)12-26-13-24(25)31-3/h6-8,11-13,15-16,20,22H,4-5,9-10,14H2,1-3H3. The van der Waals surface area contributed by atoms with Gasteiger partial charge in [-0.1, -0.05) is 31.0 Å². The third-order valence-electron chi connectivity index (χ3n) is 6.11. The fourth-order valence-corrected chi connectivity index (χ4v) is 5.18. The van der Waals surface area contributed by atoms with Crippen LogP contribution in [0.4, 0.5) is 0 Å². The molecule has 0 radical (unpaired) electrons. The van der Waals surface area contributed by atoms with Crippen molar-refractivity contribution in [2.45, 2.75) is 51.2 Å². The number of rotatable bonds is 7. The molecule has 0 bridgehead atoms. The topological polar surface area (TPSA) is 64.6 Å². The minimum Gasteiger partial charge on any atom is -0.495 e. The maximum absolute atomic E-state index is 12.2. The second-order valence-corrected chi connectivity index (χ2v) is 9.15. The second kappa shape index (κ2) is 10.2. The number of hydrogen-bond donors (Lipinski definition) is 0. The van der Waals surface area contributed by atoms with Gasteiger partial charge in [-0.3, -0.25) is 9.88 Å². The van der Waals surface area contributed by atoms with Crippen LogP contribution in [0.3, 0.4) is 0 Å². The van der Waals surface area contributed by atoms with Crippen molar-refractivity contribution < 1.29 is 14.3 Å². The van der Waals surface area contributed by atoms with Crippen molar-refractivity contribution in [2.75, 3.05) is 14.2 Å². The number of pyridine rings is 1. The number of aldehydes is 1. The minimum atomic E-state index is -0.171. The Morgan fingerprint density at radius 1 is 1.16 bits per heavy atom. The Hall–Kier alpha value is -2.77. The van der Waals surface area contributed by atoms with Gasteiger partial charge in [-0.2, -0.15) is 0 Å². The number of thiazole rings is 1. The second-order valence-electron chi connectivity index (χ2n) is 8.09. The fourth-order valence-electron chi connectivity index (χ4n) is 4.56. The molecule has 168 valence electrons. The lowest BCUT2D eigenvalue weighted by Crippen LogP contribution is -2.38. The van der Waals surface area contributed by atoms with Crippen LogP contribution < -0.4 is 9.47 Å². The molecule has 1 aliphatic rings. The Balaban J connectivity index is 1.73. The molecule has 2 atom stereocenters. The number of hydrogen-bond acceptors (Lipinski definition) is 7. The van der Waals surface area contributed by atoms with Crippen LogP contribution in [-0.4, -0.2) is 41.4 Å². The number of ether oxygens (including phenoxy) is 2. The zero-order valence-corrected chi connectivity index (χ0v) is 19.6. The summed E-state index contributed by atoms with van der Waals surface area (Å²) >= 11 is 1.65. The normalized spacial score (nSPS) is 19.3. The van der Waals surface area contributed by atoms with E-state index in [-0.39, 0.29) is 12.1 Å². The monoisotopic (exact) mass is 451 g/mol. The van der Waals surface area contributed by atoms with E-state index in [9.17, 15) is 4.79 Å². The Bertz CT molecular complexity index is 1050. The highest BCUT2D eigenvalue weighted by molar-refractivity contribution is 7.09. The number of aryl methyl sites for hydroxylation is 1. The maximum atomic E-state index is 12.2. The van der Waals surface area contributed by atoms with E-state index in [1.807, 2.05) is 6.92 Å². The zero-order chi connectivity index (χ0) is 22.5. The van der Waals surface area contributed by atoms with Crippen molar-refractivity contribution in [3.8, 4) is 22.8 Å². The third kappa shape index (κ3) is 4.69. The molecule has 6 nitrogen and oxygen atoms in total. The van der Waals surface area contributed by atoms with Gasteiger partial charge in [-0.05, 0) is 31.4 Å². The van der Waals surface area contributed by atoms with Gasteiger partial charge in [0.05, 0.1) is 48.9 Å². The number of aromatic nitrogens is 2. The predicted molar refractivity (Wildman–Crippen MR) is 126 cm³/mol. The maximum Gasteiger partial charge on any atom is 0.145 e. The summed E-state index contributed by atoms with van der Waals surface area (Å²) in [7, 11) is 3.30. The zero-order valence-electron chi connectivity index (χ0n) is 18.8. The van der Waals surface area contributed by atoms with Crippen molar-refractivity contribution in [1.82, 2.24) is 14.9 Å². The summed E-state index contributed by atoms with van der Waals surface area (Å²) in [6, 6.07) is 8.27. The predicted octanol–water partition coefficient (Wildman–Crippen LogP) is 5.22. The van der Waals surface area contributed by atoms with E-state index in [1.54, 1.807) is 38.0 Å². The molecular weight excluding hydrogens is 422 g/mol.